The van der Waals surface area contributed by atoms with Gasteiger partial charge in [-0.1, -0.05) is 29.8 Å². The second kappa shape index (κ2) is 8.29. The van der Waals surface area contributed by atoms with E-state index >= 15 is 0 Å². The Labute approximate surface area is 142 Å². The number of aryl methyl sites for hydroxylation is 1. The molecule has 2 aromatic rings. The lowest BCUT2D eigenvalue weighted by molar-refractivity contribution is -0.116. The van der Waals surface area contributed by atoms with Crippen LogP contribution in [0.4, 0.5) is 5.69 Å². The maximum Gasteiger partial charge on any atom is 0.224 e. The highest BCUT2D eigenvalue weighted by atomic mass is 16.5. The molecule has 0 aliphatic carbocycles. The summed E-state index contributed by atoms with van der Waals surface area (Å²) < 4.78 is 5.55. The molecule has 2 rings (SSSR count). The van der Waals surface area contributed by atoms with E-state index in [9.17, 15) is 9.59 Å². The molecule has 0 spiro atoms. The predicted molar refractivity (Wildman–Crippen MR) is 95.6 cm³/mol. The second-order valence-corrected chi connectivity index (χ2v) is 6.03. The number of ether oxygens (including phenoxy) is 1. The Bertz CT molecular complexity index is 688. The van der Waals surface area contributed by atoms with E-state index in [4.69, 9.17) is 4.74 Å². The van der Waals surface area contributed by atoms with E-state index in [0.717, 1.165) is 11.3 Å². The highest BCUT2D eigenvalue weighted by Gasteiger charge is 2.09. The molecule has 0 radical (unpaired) electrons. The van der Waals surface area contributed by atoms with E-state index in [1.54, 1.807) is 24.3 Å². The van der Waals surface area contributed by atoms with Crippen LogP contribution < -0.4 is 10.1 Å². The van der Waals surface area contributed by atoms with E-state index in [1.165, 1.54) is 0 Å². The van der Waals surface area contributed by atoms with Crippen LogP contribution in [0.2, 0.25) is 0 Å². The zero-order valence-corrected chi connectivity index (χ0v) is 14.3. The highest BCUT2D eigenvalue weighted by molar-refractivity contribution is 6.00. The Morgan fingerprint density at radius 3 is 2.17 bits per heavy atom. The minimum atomic E-state index is -0.173. The fourth-order valence-corrected chi connectivity index (χ4v) is 2.22. The number of ketones is 1. The van der Waals surface area contributed by atoms with E-state index in [-0.39, 0.29) is 30.6 Å². The van der Waals surface area contributed by atoms with Crippen molar-refractivity contribution >= 4 is 17.4 Å². The first-order valence-electron chi connectivity index (χ1n) is 8.10. The monoisotopic (exact) mass is 325 g/mol. The minimum absolute atomic E-state index is 0.0224. The van der Waals surface area contributed by atoms with Gasteiger partial charge in [0.15, 0.2) is 5.78 Å². The Morgan fingerprint density at radius 2 is 1.58 bits per heavy atom. The summed E-state index contributed by atoms with van der Waals surface area (Å²) in [6.45, 7) is 5.89. The summed E-state index contributed by atoms with van der Waals surface area (Å²) >= 11 is 0. The van der Waals surface area contributed by atoms with Gasteiger partial charge < -0.3 is 10.1 Å². The van der Waals surface area contributed by atoms with Crippen LogP contribution >= 0.6 is 0 Å². The molecule has 0 saturated carbocycles. The smallest absolute Gasteiger partial charge is 0.224 e. The lowest BCUT2D eigenvalue weighted by Gasteiger charge is -2.10. The largest absolute Gasteiger partial charge is 0.491 e. The van der Waals surface area contributed by atoms with Crippen LogP contribution in [0.5, 0.6) is 5.75 Å². The summed E-state index contributed by atoms with van der Waals surface area (Å²) in [5.74, 6) is 0.566. The number of benzene rings is 2. The summed E-state index contributed by atoms with van der Waals surface area (Å²) in [7, 11) is 0. The average Bonchev–Trinajstić information content (AvgIpc) is 2.54. The molecule has 0 unspecified atom stereocenters. The quantitative estimate of drug-likeness (QED) is 0.768. The van der Waals surface area contributed by atoms with Crippen molar-refractivity contribution in [2.75, 3.05) is 5.32 Å². The van der Waals surface area contributed by atoms with Crippen molar-refractivity contribution in [1.29, 1.82) is 0 Å². The van der Waals surface area contributed by atoms with Gasteiger partial charge in [0.1, 0.15) is 5.75 Å². The van der Waals surface area contributed by atoms with Crippen LogP contribution in [0.15, 0.2) is 48.5 Å². The Balaban J connectivity index is 1.82. The molecule has 24 heavy (non-hydrogen) atoms. The van der Waals surface area contributed by atoms with Gasteiger partial charge in [0.25, 0.3) is 0 Å². The van der Waals surface area contributed by atoms with Crippen molar-refractivity contribution in [3.63, 3.8) is 0 Å². The van der Waals surface area contributed by atoms with Crippen LogP contribution in [0, 0.1) is 6.92 Å². The van der Waals surface area contributed by atoms with Gasteiger partial charge in [-0.05, 0) is 45.0 Å². The van der Waals surface area contributed by atoms with E-state index in [0.29, 0.717) is 11.3 Å². The van der Waals surface area contributed by atoms with Gasteiger partial charge in [0.05, 0.1) is 6.10 Å². The number of anilines is 1. The average molecular weight is 325 g/mol. The van der Waals surface area contributed by atoms with Gasteiger partial charge in [-0.15, -0.1) is 0 Å². The van der Waals surface area contributed by atoms with Gasteiger partial charge in [-0.3, -0.25) is 9.59 Å². The molecule has 0 bridgehead atoms. The van der Waals surface area contributed by atoms with Crippen molar-refractivity contribution in [1.82, 2.24) is 0 Å². The number of rotatable bonds is 7. The molecule has 0 fully saturated rings. The number of hydrogen-bond acceptors (Lipinski definition) is 3. The summed E-state index contributed by atoms with van der Waals surface area (Å²) in [6, 6.07) is 14.6. The summed E-state index contributed by atoms with van der Waals surface area (Å²) in [5, 5.41) is 2.79. The molecule has 0 atom stereocenters. The first kappa shape index (κ1) is 17.7. The Morgan fingerprint density at radius 1 is 0.958 bits per heavy atom. The standard InChI is InChI=1S/C20H23NO3/c1-14(2)24-18-10-8-17(9-11-18)21-20(23)13-12-19(22)16-6-4-15(3)5-7-16/h4-11,14H,12-13H2,1-3H3,(H,21,23). The van der Waals surface area contributed by atoms with E-state index < -0.39 is 0 Å². The number of carbonyl (C=O) groups is 2. The van der Waals surface area contributed by atoms with Gasteiger partial charge in [-0.25, -0.2) is 0 Å². The topological polar surface area (TPSA) is 55.4 Å². The molecule has 4 nitrogen and oxygen atoms in total. The SMILES string of the molecule is Cc1ccc(C(=O)CCC(=O)Nc2ccc(OC(C)C)cc2)cc1. The third-order valence-corrected chi connectivity index (χ3v) is 3.46. The maximum atomic E-state index is 12.1. The van der Waals surface area contributed by atoms with Crippen molar-refractivity contribution in [2.45, 2.75) is 39.7 Å². The van der Waals surface area contributed by atoms with Crippen LogP contribution in [0.3, 0.4) is 0 Å². The molecule has 0 aliphatic heterocycles. The number of hydrogen-bond donors (Lipinski definition) is 1. The van der Waals surface area contributed by atoms with Gasteiger partial charge in [0, 0.05) is 24.1 Å². The van der Waals surface area contributed by atoms with Crippen molar-refractivity contribution in [3.8, 4) is 5.75 Å². The first-order valence-corrected chi connectivity index (χ1v) is 8.10. The van der Waals surface area contributed by atoms with Crippen LogP contribution in [-0.2, 0) is 4.79 Å². The van der Waals surface area contributed by atoms with Crippen LogP contribution in [-0.4, -0.2) is 17.8 Å². The molecule has 0 aliphatic rings. The number of nitrogens with one attached hydrogen (secondary N) is 1. The van der Waals surface area contributed by atoms with Gasteiger partial charge in [0.2, 0.25) is 5.91 Å². The molecule has 1 amide bonds. The third-order valence-electron chi connectivity index (χ3n) is 3.46. The predicted octanol–water partition coefficient (Wildman–Crippen LogP) is 4.38. The molecule has 0 heterocycles. The van der Waals surface area contributed by atoms with Gasteiger partial charge >= 0.3 is 0 Å². The van der Waals surface area contributed by atoms with E-state index in [2.05, 4.69) is 5.32 Å². The van der Waals surface area contributed by atoms with E-state index in [1.807, 2.05) is 45.0 Å². The molecule has 2 aromatic carbocycles. The fraction of sp³-hybridized carbons (Fsp3) is 0.300. The van der Waals surface area contributed by atoms with Crippen molar-refractivity contribution in [2.24, 2.45) is 0 Å². The zero-order chi connectivity index (χ0) is 17.5. The molecule has 1 N–H and O–H groups in total. The lowest BCUT2D eigenvalue weighted by Crippen LogP contribution is -2.13. The third kappa shape index (κ3) is 5.54. The van der Waals surface area contributed by atoms with Crippen molar-refractivity contribution < 1.29 is 14.3 Å². The summed E-state index contributed by atoms with van der Waals surface area (Å²) in [6.07, 6.45) is 0.471. The Kier molecular flexibility index (Phi) is 6.13. The highest BCUT2D eigenvalue weighted by Crippen LogP contribution is 2.17. The van der Waals surface area contributed by atoms with Crippen LogP contribution in [0.25, 0.3) is 0 Å². The second-order valence-electron chi connectivity index (χ2n) is 6.03. The minimum Gasteiger partial charge on any atom is -0.491 e. The van der Waals surface area contributed by atoms with Gasteiger partial charge in [-0.2, -0.15) is 0 Å². The molecule has 0 saturated heterocycles. The Hall–Kier alpha value is -2.62. The van der Waals surface area contributed by atoms with Crippen LogP contribution in [0.1, 0.15) is 42.6 Å². The molecule has 4 heteroatoms. The zero-order valence-electron chi connectivity index (χ0n) is 14.3. The molecular weight excluding hydrogens is 302 g/mol. The lowest BCUT2D eigenvalue weighted by atomic mass is 10.0. The summed E-state index contributed by atoms with van der Waals surface area (Å²) in [4.78, 5) is 24.0. The molecule has 0 aromatic heterocycles. The fourth-order valence-electron chi connectivity index (χ4n) is 2.22. The first-order chi connectivity index (χ1) is 11.4. The summed E-state index contributed by atoms with van der Waals surface area (Å²) in [5.41, 5.74) is 2.44. The van der Waals surface area contributed by atoms with Crippen molar-refractivity contribution in [3.05, 3.63) is 59.7 Å². The number of carbonyl (C=O) groups excluding carboxylic acids is 2. The maximum absolute atomic E-state index is 12.1. The normalized spacial score (nSPS) is 10.5. The number of Topliss-reactive ketones (excluding diaryl/α,β-unsaturated/α-hetero) is 1. The number of amides is 1. The molecular formula is C20H23NO3. The molecule has 126 valence electrons.